The summed E-state index contributed by atoms with van der Waals surface area (Å²) in [6.45, 7) is 4.08. The van der Waals surface area contributed by atoms with E-state index in [1.54, 1.807) is 24.7 Å². The fourth-order valence-corrected chi connectivity index (χ4v) is 3.09. The Hall–Kier alpha value is -2.93. The molecule has 3 rings (SSSR count). The van der Waals surface area contributed by atoms with Gasteiger partial charge in [0.15, 0.2) is 0 Å². The molecule has 0 bridgehead atoms. The van der Waals surface area contributed by atoms with Gasteiger partial charge in [0.05, 0.1) is 17.0 Å². The van der Waals surface area contributed by atoms with Gasteiger partial charge < -0.3 is 0 Å². The van der Waals surface area contributed by atoms with E-state index in [-0.39, 0.29) is 17.7 Å². The molecule has 0 unspecified atom stereocenters. The molecule has 0 saturated carbocycles. The highest BCUT2D eigenvalue weighted by molar-refractivity contribution is 7.13. The van der Waals surface area contributed by atoms with E-state index in [2.05, 4.69) is 16.0 Å². The first kappa shape index (κ1) is 17.9. The summed E-state index contributed by atoms with van der Waals surface area (Å²) in [7, 11) is 0. The van der Waals surface area contributed by atoms with Crippen LogP contribution < -0.4 is 10.9 Å². The van der Waals surface area contributed by atoms with Crippen LogP contribution in [0.5, 0.6) is 0 Å². The Balaban J connectivity index is 1.85. The van der Waals surface area contributed by atoms with Gasteiger partial charge in [0.1, 0.15) is 5.69 Å². The molecule has 2 amide bonds. The van der Waals surface area contributed by atoms with E-state index in [9.17, 15) is 9.59 Å². The SMILES string of the molecule is CC(C)C(=O)NNC(=O)c1cn(Cc2ccccc2)nc1-c1cccs1. The van der Waals surface area contributed by atoms with Gasteiger partial charge in [0, 0.05) is 12.1 Å². The van der Waals surface area contributed by atoms with Gasteiger partial charge in [-0.05, 0) is 17.0 Å². The quantitative estimate of drug-likeness (QED) is 0.680. The lowest BCUT2D eigenvalue weighted by Gasteiger charge is -2.08. The molecule has 2 aromatic heterocycles. The maximum atomic E-state index is 12.6. The minimum Gasteiger partial charge on any atom is -0.273 e. The maximum Gasteiger partial charge on any atom is 0.273 e. The topological polar surface area (TPSA) is 76.0 Å². The third kappa shape index (κ3) is 4.18. The van der Waals surface area contributed by atoms with E-state index >= 15 is 0 Å². The molecule has 0 saturated heterocycles. The number of aromatic nitrogens is 2. The summed E-state index contributed by atoms with van der Waals surface area (Å²) in [4.78, 5) is 25.2. The lowest BCUT2D eigenvalue weighted by Crippen LogP contribution is -2.43. The van der Waals surface area contributed by atoms with E-state index < -0.39 is 0 Å². The van der Waals surface area contributed by atoms with Crippen molar-refractivity contribution in [2.24, 2.45) is 5.92 Å². The van der Waals surface area contributed by atoms with Crippen LogP contribution in [0.4, 0.5) is 0 Å². The molecule has 1 aromatic carbocycles. The molecular formula is C19H20N4O2S. The van der Waals surface area contributed by atoms with Crippen molar-refractivity contribution in [3.05, 3.63) is 65.2 Å². The van der Waals surface area contributed by atoms with Crippen molar-refractivity contribution < 1.29 is 9.59 Å². The van der Waals surface area contributed by atoms with Crippen molar-refractivity contribution in [3.63, 3.8) is 0 Å². The number of hydrazine groups is 1. The van der Waals surface area contributed by atoms with Crippen molar-refractivity contribution in [1.29, 1.82) is 0 Å². The number of rotatable bonds is 5. The number of nitrogens with zero attached hydrogens (tertiary/aromatic N) is 2. The van der Waals surface area contributed by atoms with Crippen molar-refractivity contribution in [3.8, 4) is 10.6 Å². The summed E-state index contributed by atoms with van der Waals surface area (Å²) < 4.78 is 1.74. The zero-order valence-electron chi connectivity index (χ0n) is 14.6. The van der Waals surface area contributed by atoms with Crippen LogP contribution in [0.3, 0.4) is 0 Å². The molecule has 26 heavy (non-hydrogen) atoms. The molecular weight excluding hydrogens is 348 g/mol. The van der Waals surface area contributed by atoms with Gasteiger partial charge in [-0.3, -0.25) is 25.1 Å². The number of carbonyl (C=O) groups excluding carboxylic acids is 2. The van der Waals surface area contributed by atoms with Crippen LogP contribution in [0.1, 0.15) is 29.8 Å². The number of carbonyl (C=O) groups is 2. The van der Waals surface area contributed by atoms with Crippen molar-refractivity contribution in [1.82, 2.24) is 20.6 Å². The van der Waals surface area contributed by atoms with Crippen LogP contribution in [0.15, 0.2) is 54.0 Å². The van der Waals surface area contributed by atoms with Gasteiger partial charge in [-0.2, -0.15) is 5.10 Å². The Kier molecular flexibility index (Phi) is 5.48. The molecule has 0 spiro atoms. The van der Waals surface area contributed by atoms with Crippen LogP contribution in [-0.4, -0.2) is 21.6 Å². The largest absolute Gasteiger partial charge is 0.273 e. The average Bonchev–Trinajstić information content (AvgIpc) is 3.29. The maximum absolute atomic E-state index is 12.6. The summed E-state index contributed by atoms with van der Waals surface area (Å²) in [5.41, 5.74) is 7.03. The van der Waals surface area contributed by atoms with Gasteiger partial charge in [0.25, 0.3) is 5.91 Å². The fraction of sp³-hybridized carbons (Fsp3) is 0.211. The highest BCUT2D eigenvalue weighted by atomic mass is 32.1. The summed E-state index contributed by atoms with van der Waals surface area (Å²) in [6.07, 6.45) is 1.71. The van der Waals surface area contributed by atoms with Crippen LogP contribution in [-0.2, 0) is 11.3 Å². The Morgan fingerprint density at radius 3 is 2.54 bits per heavy atom. The van der Waals surface area contributed by atoms with Gasteiger partial charge in [0.2, 0.25) is 5.91 Å². The zero-order valence-corrected chi connectivity index (χ0v) is 15.4. The molecule has 0 aliphatic carbocycles. The fourth-order valence-electron chi connectivity index (χ4n) is 2.36. The Morgan fingerprint density at radius 2 is 1.88 bits per heavy atom. The second-order valence-corrected chi connectivity index (χ2v) is 7.10. The zero-order chi connectivity index (χ0) is 18.5. The number of hydrogen-bond donors (Lipinski definition) is 2. The third-order valence-electron chi connectivity index (χ3n) is 3.77. The molecule has 0 fully saturated rings. The Bertz CT molecular complexity index is 886. The standard InChI is InChI=1S/C19H20N4O2S/c1-13(2)18(24)20-21-19(25)15-12-23(11-14-7-4-3-5-8-14)22-17(15)16-9-6-10-26-16/h3-10,12-13H,11H2,1-2H3,(H,20,24)(H,21,25). The number of benzene rings is 1. The Morgan fingerprint density at radius 1 is 1.12 bits per heavy atom. The third-order valence-corrected chi connectivity index (χ3v) is 4.65. The molecule has 0 radical (unpaired) electrons. The number of hydrogen-bond acceptors (Lipinski definition) is 4. The molecule has 2 N–H and O–H groups in total. The predicted octanol–water partition coefficient (Wildman–Crippen LogP) is 3.08. The van der Waals surface area contributed by atoms with E-state index in [0.717, 1.165) is 10.4 Å². The molecule has 0 aliphatic heterocycles. The second-order valence-electron chi connectivity index (χ2n) is 6.15. The van der Waals surface area contributed by atoms with Gasteiger partial charge >= 0.3 is 0 Å². The van der Waals surface area contributed by atoms with Gasteiger partial charge in [-0.15, -0.1) is 11.3 Å². The number of amides is 2. The molecule has 134 valence electrons. The first-order chi connectivity index (χ1) is 12.5. The normalized spacial score (nSPS) is 10.7. The molecule has 0 atom stereocenters. The van der Waals surface area contributed by atoms with Crippen LogP contribution >= 0.6 is 11.3 Å². The molecule has 0 aliphatic rings. The molecule has 3 aromatic rings. The molecule has 2 heterocycles. The second kappa shape index (κ2) is 7.97. The lowest BCUT2D eigenvalue weighted by molar-refractivity contribution is -0.124. The lowest BCUT2D eigenvalue weighted by atomic mass is 10.2. The molecule has 6 nitrogen and oxygen atoms in total. The summed E-state index contributed by atoms with van der Waals surface area (Å²) in [5.74, 6) is -0.845. The van der Waals surface area contributed by atoms with Crippen molar-refractivity contribution >= 4 is 23.2 Å². The average molecular weight is 368 g/mol. The summed E-state index contributed by atoms with van der Waals surface area (Å²) in [6, 6.07) is 13.7. The highest BCUT2D eigenvalue weighted by Gasteiger charge is 2.19. The van der Waals surface area contributed by atoms with Crippen molar-refractivity contribution in [2.45, 2.75) is 20.4 Å². The van der Waals surface area contributed by atoms with Crippen molar-refractivity contribution in [2.75, 3.05) is 0 Å². The summed E-state index contributed by atoms with van der Waals surface area (Å²) in [5, 5.41) is 6.52. The van der Waals surface area contributed by atoms with E-state index in [1.165, 1.54) is 11.3 Å². The minimum atomic E-state index is -0.387. The van der Waals surface area contributed by atoms with Gasteiger partial charge in [-0.25, -0.2) is 0 Å². The first-order valence-electron chi connectivity index (χ1n) is 8.30. The van der Waals surface area contributed by atoms with Crippen LogP contribution in [0, 0.1) is 5.92 Å². The monoisotopic (exact) mass is 368 g/mol. The minimum absolute atomic E-state index is 0.215. The smallest absolute Gasteiger partial charge is 0.273 e. The summed E-state index contributed by atoms with van der Waals surface area (Å²) >= 11 is 1.51. The highest BCUT2D eigenvalue weighted by Crippen LogP contribution is 2.26. The molecule has 7 heteroatoms. The van der Waals surface area contributed by atoms with Gasteiger partial charge in [-0.1, -0.05) is 50.2 Å². The Labute approximate surface area is 155 Å². The van der Waals surface area contributed by atoms with Crippen LogP contribution in [0.2, 0.25) is 0 Å². The number of thiophene rings is 1. The van der Waals surface area contributed by atoms with E-state index in [1.807, 2.05) is 47.8 Å². The first-order valence-corrected chi connectivity index (χ1v) is 9.18. The van der Waals surface area contributed by atoms with Crippen LogP contribution in [0.25, 0.3) is 10.6 Å². The van der Waals surface area contributed by atoms with E-state index in [4.69, 9.17) is 0 Å². The van der Waals surface area contributed by atoms with E-state index in [0.29, 0.717) is 17.8 Å². The predicted molar refractivity (Wildman–Crippen MR) is 102 cm³/mol. The number of nitrogens with one attached hydrogen (secondary N) is 2.